The molecule has 1 heterocycles. The summed E-state index contributed by atoms with van der Waals surface area (Å²) in [5, 5.41) is 0.773. The number of hydrogen-bond donors (Lipinski definition) is 0. The van der Waals surface area contributed by atoms with Gasteiger partial charge in [-0.3, -0.25) is 0 Å². The molecule has 100 valence electrons. The van der Waals surface area contributed by atoms with Crippen LogP contribution in [0.2, 0.25) is 15.1 Å². The summed E-state index contributed by atoms with van der Waals surface area (Å²) in [6.07, 6.45) is 1.32. The van der Waals surface area contributed by atoms with E-state index >= 15 is 0 Å². The van der Waals surface area contributed by atoms with Gasteiger partial charge < -0.3 is 4.74 Å². The zero-order valence-corrected chi connectivity index (χ0v) is 11.5. The topological polar surface area (TPSA) is 22.1 Å². The molecule has 0 unspecified atom stereocenters. The largest absolute Gasteiger partial charge is 0.415 e. The highest BCUT2D eigenvalue weighted by molar-refractivity contribution is 6.39. The van der Waals surface area contributed by atoms with Crippen molar-refractivity contribution in [1.29, 1.82) is 0 Å². The number of rotatable bonds is 3. The molecule has 2 nitrogen and oxygen atoms in total. The van der Waals surface area contributed by atoms with Crippen LogP contribution in [0.5, 0.6) is 5.88 Å². The third kappa shape index (κ3) is 3.26. The van der Waals surface area contributed by atoms with Crippen molar-refractivity contribution >= 4 is 34.8 Å². The lowest BCUT2D eigenvalue weighted by Crippen LogP contribution is -2.04. The maximum Gasteiger partial charge on any atom is 0.388 e. The molecule has 0 amide bonds. The van der Waals surface area contributed by atoms with Gasteiger partial charge in [-0.25, -0.2) is 4.98 Å². The van der Waals surface area contributed by atoms with E-state index in [1.165, 1.54) is 12.3 Å². The van der Waals surface area contributed by atoms with Gasteiger partial charge in [0.05, 0.1) is 0 Å². The van der Waals surface area contributed by atoms with E-state index in [2.05, 4.69) is 9.72 Å². The summed E-state index contributed by atoms with van der Waals surface area (Å²) in [7, 11) is 0. The minimum Gasteiger partial charge on any atom is -0.415 e. The van der Waals surface area contributed by atoms with Gasteiger partial charge in [-0.1, -0.05) is 40.9 Å². The van der Waals surface area contributed by atoms with Gasteiger partial charge in [0, 0.05) is 27.4 Å². The number of benzene rings is 1. The number of alkyl halides is 2. The summed E-state index contributed by atoms with van der Waals surface area (Å²) in [6.45, 7) is -2.99. The molecule has 0 aliphatic heterocycles. The van der Waals surface area contributed by atoms with Crippen molar-refractivity contribution in [1.82, 2.24) is 4.98 Å². The molecule has 0 atom stereocenters. The minimum absolute atomic E-state index is 0.0474. The normalized spacial score (nSPS) is 10.8. The van der Waals surface area contributed by atoms with Crippen LogP contribution in [0.25, 0.3) is 11.1 Å². The molecule has 0 N–H and O–H groups in total. The van der Waals surface area contributed by atoms with Gasteiger partial charge in [0.15, 0.2) is 0 Å². The number of aromatic nitrogens is 1. The first-order valence-corrected chi connectivity index (χ1v) is 6.17. The molecule has 0 bridgehead atoms. The molecule has 0 spiro atoms. The van der Waals surface area contributed by atoms with Crippen molar-refractivity contribution in [3.63, 3.8) is 0 Å². The summed E-state index contributed by atoms with van der Waals surface area (Å²) in [4.78, 5) is 3.73. The Labute approximate surface area is 122 Å². The second-order valence-corrected chi connectivity index (χ2v) is 4.71. The van der Waals surface area contributed by atoms with Gasteiger partial charge in [0.1, 0.15) is 5.02 Å². The number of ether oxygens (including phenoxy) is 1. The number of nitrogens with zero attached hydrogens (tertiary/aromatic N) is 1. The highest BCUT2D eigenvalue weighted by Crippen LogP contribution is 2.36. The monoisotopic (exact) mass is 323 g/mol. The third-order valence-corrected chi connectivity index (χ3v) is 3.16. The van der Waals surface area contributed by atoms with Crippen molar-refractivity contribution < 1.29 is 13.5 Å². The maximum absolute atomic E-state index is 12.1. The zero-order chi connectivity index (χ0) is 14.0. The van der Waals surface area contributed by atoms with E-state index < -0.39 is 6.61 Å². The number of pyridine rings is 1. The zero-order valence-electron chi connectivity index (χ0n) is 9.21. The van der Waals surface area contributed by atoms with E-state index in [0.717, 1.165) is 0 Å². The van der Waals surface area contributed by atoms with Crippen LogP contribution in [-0.4, -0.2) is 11.6 Å². The fraction of sp³-hybridized carbons (Fsp3) is 0.0833. The number of hydrogen-bond acceptors (Lipinski definition) is 2. The van der Waals surface area contributed by atoms with E-state index in [9.17, 15) is 8.78 Å². The predicted octanol–water partition coefficient (Wildman–Crippen LogP) is 5.31. The van der Waals surface area contributed by atoms with Crippen LogP contribution in [0.3, 0.4) is 0 Å². The van der Waals surface area contributed by atoms with Crippen molar-refractivity contribution in [2.24, 2.45) is 0 Å². The Hall–Kier alpha value is -1.10. The van der Waals surface area contributed by atoms with Crippen LogP contribution in [0.4, 0.5) is 8.78 Å². The SMILES string of the molecule is FC(F)Oc1ncc(-c2c(Cl)cccc2Cl)cc1Cl. The molecule has 19 heavy (non-hydrogen) atoms. The molecule has 0 aliphatic rings. The summed E-state index contributed by atoms with van der Waals surface area (Å²) in [6, 6.07) is 6.41. The summed E-state index contributed by atoms with van der Waals surface area (Å²) < 4.78 is 28.3. The van der Waals surface area contributed by atoms with E-state index in [1.807, 2.05) is 0 Å². The van der Waals surface area contributed by atoms with Crippen molar-refractivity contribution in [3.8, 4) is 17.0 Å². The lowest BCUT2D eigenvalue weighted by Gasteiger charge is -2.09. The Morgan fingerprint density at radius 1 is 1.05 bits per heavy atom. The van der Waals surface area contributed by atoms with Gasteiger partial charge in [-0.2, -0.15) is 8.78 Å². The van der Waals surface area contributed by atoms with Crippen molar-refractivity contribution in [3.05, 3.63) is 45.5 Å². The van der Waals surface area contributed by atoms with Crippen LogP contribution in [-0.2, 0) is 0 Å². The summed E-state index contributed by atoms with van der Waals surface area (Å²) in [5.74, 6) is -0.344. The Balaban J connectivity index is 2.45. The number of halogens is 5. The first-order chi connectivity index (χ1) is 8.99. The molecule has 0 saturated heterocycles. The standard InChI is InChI=1S/C12H6Cl3F2NO/c13-7-2-1-3-8(14)10(7)6-4-9(15)11(18-5-6)19-12(16)17/h1-5,12H. The van der Waals surface area contributed by atoms with E-state index in [-0.39, 0.29) is 10.9 Å². The lowest BCUT2D eigenvalue weighted by atomic mass is 10.1. The molecule has 1 aromatic carbocycles. The summed E-state index contributed by atoms with van der Waals surface area (Å²) in [5.41, 5.74) is 1.05. The average molecular weight is 325 g/mol. The molecule has 7 heteroatoms. The van der Waals surface area contributed by atoms with Gasteiger partial charge in [-0.05, 0) is 18.2 Å². The van der Waals surface area contributed by atoms with E-state index in [4.69, 9.17) is 34.8 Å². The molecule has 0 radical (unpaired) electrons. The fourth-order valence-electron chi connectivity index (χ4n) is 1.51. The molecular formula is C12H6Cl3F2NO. The molecule has 2 rings (SSSR count). The highest BCUT2D eigenvalue weighted by Gasteiger charge is 2.14. The Kier molecular flexibility index (Phi) is 4.45. The van der Waals surface area contributed by atoms with Crippen LogP contribution < -0.4 is 4.74 Å². The minimum atomic E-state index is -2.99. The first-order valence-electron chi connectivity index (χ1n) is 5.04. The lowest BCUT2D eigenvalue weighted by molar-refractivity contribution is -0.0527. The van der Waals surface area contributed by atoms with Gasteiger partial charge in [-0.15, -0.1) is 0 Å². The van der Waals surface area contributed by atoms with Crippen LogP contribution >= 0.6 is 34.8 Å². The quantitative estimate of drug-likeness (QED) is 0.763. The molecule has 0 aliphatic carbocycles. The Morgan fingerprint density at radius 3 is 2.21 bits per heavy atom. The van der Waals surface area contributed by atoms with Gasteiger partial charge in [0.25, 0.3) is 0 Å². The molecule has 2 aromatic rings. The van der Waals surface area contributed by atoms with E-state index in [0.29, 0.717) is 21.2 Å². The molecule has 0 fully saturated rings. The van der Waals surface area contributed by atoms with E-state index in [1.54, 1.807) is 18.2 Å². The Morgan fingerprint density at radius 2 is 1.68 bits per heavy atom. The van der Waals surface area contributed by atoms with Gasteiger partial charge in [0.2, 0.25) is 5.88 Å². The third-order valence-electron chi connectivity index (χ3n) is 2.26. The second-order valence-electron chi connectivity index (χ2n) is 3.49. The highest BCUT2D eigenvalue weighted by atomic mass is 35.5. The smallest absolute Gasteiger partial charge is 0.388 e. The van der Waals surface area contributed by atoms with Gasteiger partial charge >= 0.3 is 6.61 Å². The molecule has 1 aromatic heterocycles. The average Bonchev–Trinajstić information content (AvgIpc) is 2.32. The second kappa shape index (κ2) is 5.90. The predicted molar refractivity (Wildman–Crippen MR) is 71.3 cm³/mol. The van der Waals surface area contributed by atoms with Crippen molar-refractivity contribution in [2.75, 3.05) is 0 Å². The van der Waals surface area contributed by atoms with Crippen LogP contribution in [0, 0.1) is 0 Å². The Bertz CT molecular complexity index is 587. The fourth-order valence-corrected chi connectivity index (χ4v) is 2.33. The molecular weight excluding hydrogens is 318 g/mol. The molecule has 0 saturated carbocycles. The summed E-state index contributed by atoms with van der Waals surface area (Å²) >= 11 is 17.9. The first kappa shape index (κ1) is 14.3. The van der Waals surface area contributed by atoms with Crippen LogP contribution in [0.1, 0.15) is 0 Å². The maximum atomic E-state index is 12.1. The van der Waals surface area contributed by atoms with Crippen LogP contribution in [0.15, 0.2) is 30.5 Å². The van der Waals surface area contributed by atoms with Crippen molar-refractivity contribution in [2.45, 2.75) is 6.61 Å².